The highest BCUT2D eigenvalue weighted by molar-refractivity contribution is 5.70. The van der Waals surface area contributed by atoms with E-state index in [2.05, 4.69) is 6.92 Å². The Hall–Kier alpha value is -1.67. The molecule has 38 heavy (non-hydrogen) atoms. The highest BCUT2D eigenvalue weighted by Crippen LogP contribution is 2.14. The molecule has 224 valence electrons. The minimum Gasteiger partial charge on any atom is -0.544 e. The average Bonchev–Trinajstić information content (AvgIpc) is 2.83. The summed E-state index contributed by atoms with van der Waals surface area (Å²) in [7, 11) is 5.34. The largest absolute Gasteiger partial charge is 0.544 e. The van der Waals surface area contributed by atoms with Crippen LogP contribution in [-0.4, -0.2) is 75.5 Å². The van der Waals surface area contributed by atoms with Crippen molar-refractivity contribution in [2.75, 3.05) is 41.0 Å². The van der Waals surface area contributed by atoms with Crippen molar-refractivity contribution < 1.29 is 38.2 Å². The summed E-state index contributed by atoms with van der Waals surface area (Å²) < 4.78 is 16.3. The van der Waals surface area contributed by atoms with E-state index in [0.717, 1.165) is 19.3 Å². The van der Waals surface area contributed by atoms with Gasteiger partial charge in [-0.25, -0.2) is 0 Å². The molecular weight excluding hydrogens is 486 g/mol. The molecule has 0 spiro atoms. The van der Waals surface area contributed by atoms with Gasteiger partial charge in [-0.1, -0.05) is 96.8 Å². The molecule has 0 amide bonds. The van der Waals surface area contributed by atoms with Gasteiger partial charge >= 0.3 is 11.9 Å². The normalized spacial score (nSPS) is 13.2. The SMILES string of the molecule is CCCCCCCCCCCCCCCCCC(=O)OC(COCCC(C(=O)[O-])[N+](C)(C)C)COC(C)=O. The summed E-state index contributed by atoms with van der Waals surface area (Å²) in [6, 6.07) is -0.713. The monoisotopic (exact) mass is 543 g/mol. The number of nitrogens with zero attached hydrogens (tertiary/aromatic N) is 1. The van der Waals surface area contributed by atoms with Gasteiger partial charge in [0.1, 0.15) is 12.6 Å². The molecule has 8 nitrogen and oxygen atoms in total. The number of rotatable bonds is 26. The molecule has 0 radical (unpaired) electrons. The van der Waals surface area contributed by atoms with Crippen molar-refractivity contribution in [2.45, 2.75) is 135 Å². The minimum atomic E-state index is -1.13. The van der Waals surface area contributed by atoms with Gasteiger partial charge in [-0.05, 0) is 6.42 Å². The number of ether oxygens (including phenoxy) is 3. The number of unbranched alkanes of at least 4 members (excludes halogenated alkanes) is 14. The van der Waals surface area contributed by atoms with E-state index in [1.54, 1.807) is 21.1 Å². The fraction of sp³-hybridized carbons (Fsp3) is 0.900. The molecule has 0 aromatic heterocycles. The number of hydrogen-bond donors (Lipinski definition) is 0. The van der Waals surface area contributed by atoms with Crippen molar-refractivity contribution in [3.05, 3.63) is 0 Å². The Morgan fingerprint density at radius 1 is 0.737 bits per heavy atom. The predicted molar refractivity (Wildman–Crippen MR) is 148 cm³/mol. The number of likely N-dealkylation sites (N-methyl/N-ethyl adjacent to an activating group) is 1. The van der Waals surface area contributed by atoms with Crippen LogP contribution in [0.5, 0.6) is 0 Å². The van der Waals surface area contributed by atoms with Crippen LogP contribution in [-0.2, 0) is 28.6 Å². The number of carbonyl (C=O) groups excluding carboxylic acids is 3. The van der Waals surface area contributed by atoms with E-state index in [0.29, 0.717) is 6.42 Å². The molecule has 0 aromatic rings. The van der Waals surface area contributed by atoms with Crippen LogP contribution in [0.1, 0.15) is 123 Å². The molecule has 0 saturated carbocycles. The first-order valence-corrected chi connectivity index (χ1v) is 15.0. The first kappa shape index (κ1) is 36.3. The van der Waals surface area contributed by atoms with Gasteiger partial charge in [-0.2, -0.15) is 0 Å². The summed E-state index contributed by atoms with van der Waals surface area (Å²) in [4.78, 5) is 34.8. The lowest BCUT2D eigenvalue weighted by molar-refractivity contribution is -0.889. The van der Waals surface area contributed by atoms with E-state index in [-0.39, 0.29) is 36.7 Å². The van der Waals surface area contributed by atoms with Crippen LogP contribution in [0.2, 0.25) is 0 Å². The maximum absolute atomic E-state index is 12.3. The molecular formula is C30H57NO7. The Labute approximate surface area is 232 Å². The lowest BCUT2D eigenvalue weighted by atomic mass is 10.0. The summed E-state index contributed by atoms with van der Waals surface area (Å²) in [5.41, 5.74) is 0. The van der Waals surface area contributed by atoms with Crippen molar-refractivity contribution in [1.29, 1.82) is 0 Å². The maximum Gasteiger partial charge on any atom is 0.306 e. The van der Waals surface area contributed by atoms with Crippen LogP contribution in [0.3, 0.4) is 0 Å². The molecule has 0 aliphatic rings. The predicted octanol–water partition coefficient (Wildman–Crippen LogP) is 4.95. The van der Waals surface area contributed by atoms with Crippen LogP contribution in [0.25, 0.3) is 0 Å². The third-order valence-corrected chi connectivity index (χ3v) is 6.80. The Balaban J connectivity index is 3.96. The number of esters is 2. The molecule has 0 bridgehead atoms. The Morgan fingerprint density at radius 2 is 1.21 bits per heavy atom. The Morgan fingerprint density at radius 3 is 1.63 bits per heavy atom. The highest BCUT2D eigenvalue weighted by Gasteiger charge is 2.25. The summed E-state index contributed by atoms with van der Waals surface area (Å²) in [5.74, 6) is -1.93. The zero-order chi connectivity index (χ0) is 28.7. The summed E-state index contributed by atoms with van der Waals surface area (Å²) in [6.07, 6.45) is 18.8. The molecule has 8 heteroatoms. The van der Waals surface area contributed by atoms with Crippen LogP contribution >= 0.6 is 0 Å². The van der Waals surface area contributed by atoms with Gasteiger partial charge < -0.3 is 28.6 Å². The van der Waals surface area contributed by atoms with Crippen LogP contribution in [0, 0.1) is 0 Å². The van der Waals surface area contributed by atoms with E-state index in [4.69, 9.17) is 14.2 Å². The molecule has 0 aliphatic carbocycles. The zero-order valence-corrected chi connectivity index (χ0v) is 25.1. The van der Waals surface area contributed by atoms with Gasteiger partial charge in [0.25, 0.3) is 0 Å². The summed E-state index contributed by atoms with van der Waals surface area (Å²) in [6.45, 7) is 3.67. The molecule has 0 aromatic carbocycles. The third kappa shape index (κ3) is 22.3. The van der Waals surface area contributed by atoms with Crippen molar-refractivity contribution in [3.63, 3.8) is 0 Å². The fourth-order valence-corrected chi connectivity index (χ4v) is 4.44. The standard InChI is InChI=1S/C30H57NO7/c1-6-7-8-9-10-11-12-13-14-15-16-17-18-19-20-21-29(33)38-27(25-37-26(2)32)24-36-23-22-28(30(34)35)31(3,4)5/h27-28H,6-25H2,1-5H3. The van der Waals surface area contributed by atoms with Gasteiger partial charge in [0.2, 0.25) is 0 Å². The molecule has 2 atom stereocenters. The van der Waals surface area contributed by atoms with E-state index in [9.17, 15) is 19.5 Å². The zero-order valence-electron chi connectivity index (χ0n) is 25.1. The molecule has 0 rings (SSSR count). The molecule has 0 heterocycles. The quantitative estimate of drug-likeness (QED) is 0.0864. The Kier molecular flexibility index (Phi) is 22.2. The first-order valence-electron chi connectivity index (χ1n) is 15.0. The van der Waals surface area contributed by atoms with Crippen LogP contribution in [0.15, 0.2) is 0 Å². The Bertz CT molecular complexity index is 618. The molecule has 0 aliphatic heterocycles. The van der Waals surface area contributed by atoms with Gasteiger partial charge in [-0.15, -0.1) is 0 Å². The van der Waals surface area contributed by atoms with Gasteiger partial charge in [0, 0.05) is 19.8 Å². The molecule has 0 fully saturated rings. The number of carbonyl (C=O) groups is 3. The highest BCUT2D eigenvalue weighted by atomic mass is 16.6. The van der Waals surface area contributed by atoms with Gasteiger partial charge in [0.15, 0.2) is 6.10 Å². The van der Waals surface area contributed by atoms with Crippen LogP contribution in [0.4, 0.5) is 0 Å². The van der Waals surface area contributed by atoms with E-state index < -0.39 is 24.1 Å². The van der Waals surface area contributed by atoms with Crippen molar-refractivity contribution >= 4 is 17.9 Å². The topological polar surface area (TPSA) is 102 Å². The smallest absolute Gasteiger partial charge is 0.306 e. The maximum atomic E-state index is 12.3. The second-order valence-corrected chi connectivity index (χ2v) is 11.4. The minimum absolute atomic E-state index is 0.0365. The fourth-order valence-electron chi connectivity index (χ4n) is 4.44. The lowest BCUT2D eigenvalue weighted by Gasteiger charge is -2.34. The number of carboxylic acids is 1. The number of quaternary nitrogens is 1. The number of hydrogen-bond acceptors (Lipinski definition) is 7. The van der Waals surface area contributed by atoms with Gasteiger partial charge in [0.05, 0.1) is 40.3 Å². The third-order valence-electron chi connectivity index (χ3n) is 6.80. The number of carboxylic acid groups (broad SMARTS) is 1. The lowest BCUT2D eigenvalue weighted by Crippen LogP contribution is -2.55. The van der Waals surface area contributed by atoms with E-state index >= 15 is 0 Å². The molecule has 2 unspecified atom stereocenters. The molecule has 0 N–H and O–H groups in total. The number of aliphatic carboxylic acids is 1. The van der Waals surface area contributed by atoms with Crippen LogP contribution < -0.4 is 5.11 Å². The van der Waals surface area contributed by atoms with Gasteiger partial charge in [-0.3, -0.25) is 9.59 Å². The van der Waals surface area contributed by atoms with E-state index in [1.807, 2.05) is 0 Å². The average molecular weight is 544 g/mol. The second-order valence-electron chi connectivity index (χ2n) is 11.4. The first-order chi connectivity index (χ1) is 18.1. The van der Waals surface area contributed by atoms with Crippen molar-refractivity contribution in [3.8, 4) is 0 Å². The molecule has 0 saturated heterocycles. The summed E-state index contributed by atoms with van der Waals surface area (Å²) in [5, 5.41) is 11.4. The van der Waals surface area contributed by atoms with Crippen molar-refractivity contribution in [2.24, 2.45) is 0 Å². The summed E-state index contributed by atoms with van der Waals surface area (Å²) >= 11 is 0. The van der Waals surface area contributed by atoms with Crippen molar-refractivity contribution in [1.82, 2.24) is 0 Å². The van der Waals surface area contributed by atoms with E-state index in [1.165, 1.54) is 84.0 Å². The second kappa shape index (κ2) is 23.2.